The highest BCUT2D eigenvalue weighted by Crippen LogP contribution is 2.16. The Labute approximate surface area is 159 Å². The summed E-state index contributed by atoms with van der Waals surface area (Å²) >= 11 is 0. The van der Waals surface area contributed by atoms with E-state index in [1.165, 1.54) is 6.07 Å². The number of imidazole rings is 1. The Balaban J connectivity index is 1.75. The van der Waals surface area contributed by atoms with E-state index < -0.39 is 11.6 Å². The minimum absolute atomic E-state index is 0.0747. The summed E-state index contributed by atoms with van der Waals surface area (Å²) in [6.45, 7) is 0.360. The first kappa shape index (κ1) is 17.9. The Hall–Kier alpha value is -3.54. The number of para-hydroxylation sites is 2. The summed E-state index contributed by atoms with van der Waals surface area (Å²) in [5.74, 6) is -2.45. The van der Waals surface area contributed by atoms with Gasteiger partial charge in [0, 0.05) is 5.56 Å². The number of nitrogens with zero attached hydrogens (tertiary/aromatic N) is 2. The number of Topliss-reactive ketones (excluding diaryl/α,β-unsaturated/α-hetero) is 1. The second kappa shape index (κ2) is 7.23. The van der Waals surface area contributed by atoms with E-state index in [1.807, 2.05) is 59.2 Å². The first-order chi connectivity index (χ1) is 13.5. The monoisotopic (exact) mass is 377 g/mol. The highest BCUT2D eigenvalue weighted by molar-refractivity contribution is 5.96. The fourth-order valence-electron chi connectivity index (χ4n) is 3.29. The number of carbonyl (C=O) groups excluding carboxylic acids is 1. The van der Waals surface area contributed by atoms with Crippen molar-refractivity contribution in [3.63, 3.8) is 0 Å². The number of aromatic nitrogens is 2. The topological polar surface area (TPSA) is 50.8 Å². The molecule has 0 aliphatic rings. The van der Waals surface area contributed by atoms with E-state index in [0.717, 1.165) is 28.7 Å². The molecule has 1 N–H and O–H groups in total. The maximum absolute atomic E-state index is 13.5. The molecule has 0 unspecified atom stereocenters. The number of ketones is 1. The average Bonchev–Trinajstić information content (AvgIpc) is 2.97. The van der Waals surface area contributed by atoms with Crippen LogP contribution in [0, 0.1) is 17.0 Å². The lowest BCUT2D eigenvalue weighted by molar-refractivity contribution is 0.0971. The van der Waals surface area contributed by atoms with E-state index >= 15 is 0 Å². The summed E-state index contributed by atoms with van der Waals surface area (Å²) in [6.07, 6.45) is 0. The summed E-state index contributed by atoms with van der Waals surface area (Å²) in [5, 5.41) is 8.60. The van der Waals surface area contributed by atoms with Gasteiger partial charge in [-0.15, -0.1) is 0 Å². The second-order valence-electron chi connectivity index (χ2n) is 6.52. The zero-order chi connectivity index (χ0) is 19.7. The Bertz CT molecular complexity index is 1230. The van der Waals surface area contributed by atoms with Crippen LogP contribution in [0.25, 0.3) is 11.0 Å². The van der Waals surface area contributed by atoms with Crippen LogP contribution in [0.3, 0.4) is 0 Å². The van der Waals surface area contributed by atoms with Crippen molar-refractivity contribution >= 4 is 16.8 Å². The van der Waals surface area contributed by atoms with E-state index in [9.17, 15) is 13.6 Å². The SMILES string of the molecule is N=c1n(CC(=O)c2ccc(F)c(F)c2)c2ccccc2n1Cc1ccccc1. The van der Waals surface area contributed by atoms with Crippen molar-refractivity contribution in [3.8, 4) is 0 Å². The van der Waals surface area contributed by atoms with Gasteiger partial charge in [0.2, 0.25) is 5.62 Å². The fraction of sp³-hybridized carbons (Fsp3) is 0.0909. The van der Waals surface area contributed by atoms with Gasteiger partial charge >= 0.3 is 0 Å². The summed E-state index contributed by atoms with van der Waals surface area (Å²) in [5.41, 5.74) is 2.84. The first-order valence-corrected chi connectivity index (χ1v) is 8.79. The third kappa shape index (κ3) is 3.24. The minimum atomic E-state index is -1.06. The number of hydrogen-bond acceptors (Lipinski definition) is 2. The molecule has 0 saturated heterocycles. The van der Waals surface area contributed by atoms with E-state index in [2.05, 4.69) is 0 Å². The van der Waals surface area contributed by atoms with Gasteiger partial charge in [-0.3, -0.25) is 10.2 Å². The zero-order valence-corrected chi connectivity index (χ0v) is 14.9. The Morgan fingerprint density at radius 2 is 1.46 bits per heavy atom. The average molecular weight is 377 g/mol. The van der Waals surface area contributed by atoms with Crippen LogP contribution in [0.4, 0.5) is 8.78 Å². The molecule has 4 aromatic rings. The van der Waals surface area contributed by atoms with Crippen molar-refractivity contribution in [1.82, 2.24) is 9.13 Å². The molecule has 0 atom stereocenters. The number of halogens is 2. The number of rotatable bonds is 5. The van der Waals surface area contributed by atoms with Gasteiger partial charge in [-0.2, -0.15) is 0 Å². The van der Waals surface area contributed by atoms with E-state index in [-0.39, 0.29) is 23.5 Å². The Morgan fingerprint density at radius 3 is 2.14 bits per heavy atom. The van der Waals surface area contributed by atoms with Crippen molar-refractivity contribution < 1.29 is 13.6 Å². The molecule has 1 heterocycles. The molecule has 140 valence electrons. The molecule has 0 aliphatic heterocycles. The van der Waals surface area contributed by atoms with Crippen molar-refractivity contribution in [3.05, 3.63) is 101 Å². The summed E-state index contributed by atoms with van der Waals surface area (Å²) in [6, 6.07) is 20.3. The number of nitrogens with one attached hydrogen (secondary N) is 1. The van der Waals surface area contributed by atoms with E-state index in [4.69, 9.17) is 5.41 Å². The van der Waals surface area contributed by atoms with Gasteiger partial charge in [-0.25, -0.2) is 8.78 Å². The lowest BCUT2D eigenvalue weighted by Gasteiger charge is -2.06. The quantitative estimate of drug-likeness (QED) is 0.523. The van der Waals surface area contributed by atoms with Crippen molar-refractivity contribution in [1.29, 1.82) is 5.41 Å². The predicted molar refractivity (Wildman–Crippen MR) is 102 cm³/mol. The maximum atomic E-state index is 13.5. The van der Waals surface area contributed by atoms with Gasteiger partial charge in [0.15, 0.2) is 17.4 Å². The normalized spacial score (nSPS) is 11.1. The molecule has 6 heteroatoms. The molecule has 0 radical (unpaired) electrons. The summed E-state index contributed by atoms with van der Waals surface area (Å²) < 4.78 is 30.0. The van der Waals surface area contributed by atoms with Crippen LogP contribution in [0.2, 0.25) is 0 Å². The van der Waals surface area contributed by atoms with Gasteiger partial charge < -0.3 is 9.13 Å². The fourth-order valence-corrected chi connectivity index (χ4v) is 3.29. The molecule has 3 aromatic carbocycles. The third-order valence-corrected chi connectivity index (χ3v) is 4.70. The van der Waals surface area contributed by atoms with Crippen LogP contribution < -0.4 is 5.62 Å². The standard InChI is InChI=1S/C22H17F2N3O/c23-17-11-10-16(12-18(17)24)21(28)14-27-20-9-5-4-8-19(20)26(22(27)25)13-15-6-2-1-3-7-15/h1-12,25H,13-14H2. The van der Waals surface area contributed by atoms with E-state index in [1.54, 1.807) is 4.57 Å². The third-order valence-electron chi connectivity index (χ3n) is 4.70. The van der Waals surface area contributed by atoms with Crippen LogP contribution in [-0.2, 0) is 13.1 Å². The number of carbonyl (C=O) groups is 1. The van der Waals surface area contributed by atoms with Crippen LogP contribution in [0.1, 0.15) is 15.9 Å². The largest absolute Gasteiger partial charge is 0.306 e. The number of benzene rings is 3. The van der Waals surface area contributed by atoms with Gasteiger partial charge in [0.05, 0.1) is 24.1 Å². The predicted octanol–water partition coefficient (Wildman–Crippen LogP) is 4.13. The van der Waals surface area contributed by atoms with Gasteiger partial charge in [-0.1, -0.05) is 42.5 Å². The van der Waals surface area contributed by atoms with Crippen molar-refractivity contribution in [2.75, 3.05) is 0 Å². The van der Waals surface area contributed by atoms with E-state index in [0.29, 0.717) is 6.54 Å². The molecular formula is C22H17F2N3O. The molecule has 1 aromatic heterocycles. The molecule has 0 saturated carbocycles. The molecule has 0 aliphatic carbocycles. The maximum Gasteiger partial charge on any atom is 0.203 e. The summed E-state index contributed by atoms with van der Waals surface area (Å²) in [7, 11) is 0. The Morgan fingerprint density at radius 1 is 0.821 bits per heavy atom. The molecule has 0 bridgehead atoms. The molecule has 0 fully saturated rings. The smallest absolute Gasteiger partial charge is 0.203 e. The van der Waals surface area contributed by atoms with Crippen LogP contribution in [0.5, 0.6) is 0 Å². The molecular weight excluding hydrogens is 360 g/mol. The highest BCUT2D eigenvalue weighted by Gasteiger charge is 2.16. The molecule has 4 rings (SSSR count). The zero-order valence-electron chi connectivity index (χ0n) is 14.9. The lowest BCUT2D eigenvalue weighted by atomic mass is 10.1. The highest BCUT2D eigenvalue weighted by atomic mass is 19.2. The molecule has 4 nitrogen and oxygen atoms in total. The molecule has 28 heavy (non-hydrogen) atoms. The molecule has 0 amide bonds. The van der Waals surface area contributed by atoms with Gasteiger partial charge in [0.25, 0.3) is 0 Å². The van der Waals surface area contributed by atoms with Crippen LogP contribution >= 0.6 is 0 Å². The van der Waals surface area contributed by atoms with Crippen molar-refractivity contribution in [2.45, 2.75) is 13.1 Å². The van der Waals surface area contributed by atoms with Crippen LogP contribution in [0.15, 0.2) is 72.8 Å². The number of hydrogen-bond donors (Lipinski definition) is 1. The lowest BCUT2D eigenvalue weighted by Crippen LogP contribution is -2.27. The van der Waals surface area contributed by atoms with Gasteiger partial charge in [0.1, 0.15) is 0 Å². The summed E-state index contributed by atoms with van der Waals surface area (Å²) in [4.78, 5) is 12.6. The molecule has 0 spiro atoms. The number of fused-ring (bicyclic) bond motifs is 1. The van der Waals surface area contributed by atoms with Crippen LogP contribution in [-0.4, -0.2) is 14.9 Å². The minimum Gasteiger partial charge on any atom is -0.306 e. The van der Waals surface area contributed by atoms with Crippen molar-refractivity contribution in [2.24, 2.45) is 0 Å². The van der Waals surface area contributed by atoms with Gasteiger partial charge in [-0.05, 0) is 35.9 Å². The first-order valence-electron chi connectivity index (χ1n) is 8.79. The second-order valence-corrected chi connectivity index (χ2v) is 6.52. The Kier molecular flexibility index (Phi) is 4.61.